The molecule has 2 aromatic rings. The van der Waals surface area contributed by atoms with Gasteiger partial charge in [0.2, 0.25) is 0 Å². The van der Waals surface area contributed by atoms with Gasteiger partial charge in [-0.3, -0.25) is 9.99 Å². The fourth-order valence-corrected chi connectivity index (χ4v) is 3.11. The van der Waals surface area contributed by atoms with E-state index in [0.29, 0.717) is 42.7 Å². The summed E-state index contributed by atoms with van der Waals surface area (Å²) >= 11 is 0. The molecule has 0 aliphatic heterocycles. The van der Waals surface area contributed by atoms with Gasteiger partial charge in [0.15, 0.2) is 5.60 Å². The zero-order valence-corrected chi connectivity index (χ0v) is 17.9. The molecule has 32 heavy (non-hydrogen) atoms. The molecule has 0 bridgehead atoms. The molecule has 7 nitrogen and oxygen atoms in total. The third-order valence-electron chi connectivity index (χ3n) is 4.75. The van der Waals surface area contributed by atoms with Gasteiger partial charge in [0.1, 0.15) is 23.7 Å². The number of hydrogen-bond donors (Lipinski definition) is 3. The predicted molar refractivity (Wildman–Crippen MR) is 112 cm³/mol. The van der Waals surface area contributed by atoms with Crippen LogP contribution in [0.4, 0.5) is 17.6 Å². The van der Waals surface area contributed by atoms with Crippen LogP contribution in [0, 0.1) is 11.6 Å². The number of nitrogens with zero attached hydrogens (tertiary/aromatic N) is 3. The Morgan fingerprint density at radius 1 is 1.28 bits per heavy atom. The van der Waals surface area contributed by atoms with E-state index in [-0.39, 0.29) is 0 Å². The van der Waals surface area contributed by atoms with E-state index in [2.05, 4.69) is 15.5 Å². The van der Waals surface area contributed by atoms with E-state index in [1.54, 1.807) is 0 Å². The Morgan fingerprint density at radius 3 is 2.62 bits per heavy atom. The number of ether oxygens (including phenoxy) is 1. The summed E-state index contributed by atoms with van der Waals surface area (Å²) in [5.41, 5.74) is -1.75. The van der Waals surface area contributed by atoms with Crippen LogP contribution >= 0.6 is 0 Å². The lowest BCUT2D eigenvalue weighted by Gasteiger charge is -2.38. The topological polar surface area (TPSA) is 96.0 Å². The lowest BCUT2D eigenvalue weighted by molar-refractivity contribution is -0.203. The smallest absolute Gasteiger partial charge is 0.323 e. The number of benzene rings is 1. The van der Waals surface area contributed by atoms with E-state index in [9.17, 15) is 13.9 Å². The van der Waals surface area contributed by atoms with Crippen LogP contribution in [0.25, 0.3) is 0 Å². The quantitative estimate of drug-likeness (QED) is 0.113. The second-order valence-corrected chi connectivity index (χ2v) is 7.05. The molecular formula is C21H27F4N5O2. The summed E-state index contributed by atoms with van der Waals surface area (Å²) < 4.78 is 64.3. The number of hydrazone groups is 1. The molecule has 0 aliphatic rings. The molecule has 0 saturated heterocycles. The maximum absolute atomic E-state index is 15.6. The summed E-state index contributed by atoms with van der Waals surface area (Å²) in [6.45, 7) is 2.01. The fraction of sp³-hybridized carbons (Fsp3) is 0.429. The number of hydrogen-bond acceptors (Lipinski definition) is 6. The summed E-state index contributed by atoms with van der Waals surface area (Å²) in [4.78, 5) is 3.80. The second-order valence-electron chi connectivity index (χ2n) is 7.05. The minimum absolute atomic E-state index is 0.411. The van der Waals surface area contributed by atoms with Crippen molar-refractivity contribution in [3.8, 4) is 0 Å². The molecule has 176 valence electrons. The Labute approximate surface area is 183 Å². The summed E-state index contributed by atoms with van der Waals surface area (Å²) in [6, 6.07) is 4.45. The molecule has 1 aromatic carbocycles. The Bertz CT molecular complexity index is 898. The highest BCUT2D eigenvalue weighted by Crippen LogP contribution is 2.45. The van der Waals surface area contributed by atoms with E-state index in [0.717, 1.165) is 24.5 Å². The minimum atomic E-state index is -4.10. The molecule has 4 N–H and O–H groups in total. The molecule has 2 rings (SSSR count). The lowest BCUT2D eigenvalue weighted by atomic mass is 9.84. The van der Waals surface area contributed by atoms with Gasteiger partial charge in [-0.2, -0.15) is 13.9 Å². The maximum Gasteiger partial charge on any atom is 0.323 e. The molecule has 1 aromatic heterocycles. The maximum atomic E-state index is 15.6. The van der Waals surface area contributed by atoms with Crippen molar-refractivity contribution in [2.45, 2.75) is 31.3 Å². The first-order valence-corrected chi connectivity index (χ1v) is 9.95. The van der Waals surface area contributed by atoms with E-state index >= 15 is 8.78 Å². The first-order valence-electron chi connectivity index (χ1n) is 9.95. The third-order valence-corrected chi connectivity index (χ3v) is 4.75. The molecule has 0 spiro atoms. The Hall–Kier alpha value is -2.76. The van der Waals surface area contributed by atoms with Crippen LogP contribution in [0.5, 0.6) is 0 Å². The Balaban J connectivity index is 2.41. The van der Waals surface area contributed by atoms with Gasteiger partial charge in [0.25, 0.3) is 0 Å². The molecular weight excluding hydrogens is 430 g/mol. The van der Waals surface area contributed by atoms with E-state index in [4.69, 9.17) is 10.6 Å². The van der Waals surface area contributed by atoms with Crippen LogP contribution in [0.2, 0.25) is 0 Å². The number of aryl methyl sites for hydroxylation is 1. The van der Waals surface area contributed by atoms with Gasteiger partial charge >= 0.3 is 5.92 Å². The molecule has 0 saturated carbocycles. The number of nitrogens with one attached hydrogen (secondary N) is 1. The number of halogens is 4. The first kappa shape index (κ1) is 25.5. The van der Waals surface area contributed by atoms with Crippen LogP contribution < -0.4 is 11.3 Å². The number of pyridine rings is 1. The number of nitrogens with two attached hydrogens (primary N) is 1. The second kappa shape index (κ2) is 11.2. The monoisotopic (exact) mass is 457 g/mol. The summed E-state index contributed by atoms with van der Waals surface area (Å²) in [6.07, 6.45) is 3.45. The summed E-state index contributed by atoms with van der Waals surface area (Å²) in [5, 5.41) is 15.3. The van der Waals surface area contributed by atoms with Crippen molar-refractivity contribution in [2.75, 3.05) is 26.8 Å². The predicted octanol–water partition coefficient (Wildman–Crippen LogP) is 2.65. The standard InChI is InChI=1S/C21H27F4N5O2/c1-3-32-10-4-5-15-6-9-19(28-12-15)21(24,25)20(31,13-30(26)14-29-27-2)17-8-7-16(22)11-18(17)23/h6-9,11-12,14,27,31H,3-5,10,13,26H2,1-2H3/b29-14-. The highest BCUT2D eigenvalue weighted by Gasteiger charge is 2.58. The number of alkyl halides is 2. The van der Waals surface area contributed by atoms with Crippen molar-refractivity contribution in [2.24, 2.45) is 10.9 Å². The number of aliphatic hydroxyl groups is 1. The van der Waals surface area contributed by atoms with Crippen molar-refractivity contribution in [1.29, 1.82) is 0 Å². The van der Waals surface area contributed by atoms with Gasteiger partial charge < -0.3 is 15.3 Å². The number of hydrazine groups is 1. The van der Waals surface area contributed by atoms with Gasteiger partial charge in [0.05, 0.1) is 6.54 Å². The van der Waals surface area contributed by atoms with E-state index in [1.807, 2.05) is 6.92 Å². The van der Waals surface area contributed by atoms with Crippen LogP contribution in [0.1, 0.15) is 30.2 Å². The molecule has 0 aliphatic carbocycles. The van der Waals surface area contributed by atoms with Crippen LogP contribution in [0.15, 0.2) is 41.6 Å². The SMILES string of the molecule is CCOCCCc1ccc(C(F)(F)C(O)(CN(N)/C=N\NC)c2ccc(F)cc2F)nc1. The molecule has 1 atom stereocenters. The molecule has 1 heterocycles. The van der Waals surface area contributed by atoms with Gasteiger partial charge in [-0.25, -0.2) is 14.6 Å². The Kier molecular flexibility index (Phi) is 8.93. The molecule has 11 heteroatoms. The largest absolute Gasteiger partial charge is 0.382 e. The van der Waals surface area contributed by atoms with Crippen molar-refractivity contribution >= 4 is 6.34 Å². The van der Waals surface area contributed by atoms with Crippen molar-refractivity contribution in [3.05, 3.63) is 65.0 Å². The number of rotatable bonds is 12. The van der Waals surface area contributed by atoms with E-state index < -0.39 is 41.0 Å². The zero-order chi connectivity index (χ0) is 23.8. The zero-order valence-electron chi connectivity index (χ0n) is 17.9. The van der Waals surface area contributed by atoms with Gasteiger partial charge in [-0.15, -0.1) is 0 Å². The molecule has 0 radical (unpaired) electrons. The fourth-order valence-electron chi connectivity index (χ4n) is 3.11. The van der Waals surface area contributed by atoms with Gasteiger partial charge in [-0.05, 0) is 43.5 Å². The summed E-state index contributed by atoms with van der Waals surface area (Å²) in [7, 11) is 1.45. The normalized spacial score (nSPS) is 13.9. The third kappa shape index (κ3) is 5.93. The highest BCUT2D eigenvalue weighted by atomic mass is 19.3. The van der Waals surface area contributed by atoms with Crippen molar-refractivity contribution < 1.29 is 27.4 Å². The summed E-state index contributed by atoms with van der Waals surface area (Å²) in [5.74, 6) is -0.760. The number of aromatic nitrogens is 1. The van der Waals surface area contributed by atoms with Gasteiger partial charge in [0, 0.05) is 38.1 Å². The molecule has 0 amide bonds. The lowest BCUT2D eigenvalue weighted by Crippen LogP contribution is -2.54. The van der Waals surface area contributed by atoms with E-state index in [1.165, 1.54) is 19.3 Å². The molecule has 1 unspecified atom stereocenters. The van der Waals surface area contributed by atoms with Crippen LogP contribution in [0.3, 0.4) is 0 Å². The van der Waals surface area contributed by atoms with Crippen molar-refractivity contribution in [1.82, 2.24) is 15.4 Å². The van der Waals surface area contributed by atoms with Gasteiger partial charge in [-0.1, -0.05) is 6.07 Å². The van der Waals surface area contributed by atoms with Crippen LogP contribution in [-0.4, -0.2) is 48.2 Å². The minimum Gasteiger partial charge on any atom is -0.382 e. The van der Waals surface area contributed by atoms with Crippen LogP contribution in [-0.2, 0) is 22.7 Å². The van der Waals surface area contributed by atoms with Crippen molar-refractivity contribution in [3.63, 3.8) is 0 Å². The first-order chi connectivity index (χ1) is 15.2. The molecule has 0 fully saturated rings. The average Bonchev–Trinajstić information content (AvgIpc) is 2.75. The highest BCUT2D eigenvalue weighted by molar-refractivity contribution is 5.54. The Morgan fingerprint density at radius 2 is 2.03 bits per heavy atom. The average molecular weight is 457 g/mol.